The summed E-state index contributed by atoms with van der Waals surface area (Å²) in [5.41, 5.74) is 2.32. The maximum absolute atomic E-state index is 13.0. The second kappa shape index (κ2) is 6.34. The summed E-state index contributed by atoms with van der Waals surface area (Å²) in [6, 6.07) is 19.1. The Hall–Kier alpha value is -3.94. The molecule has 0 fully saturated rings. The molecular formula is C20H14N6O2. The monoisotopic (exact) mass is 370 g/mol. The van der Waals surface area contributed by atoms with Crippen LogP contribution in [0.25, 0.3) is 0 Å². The highest BCUT2D eigenvalue weighted by molar-refractivity contribution is 6.25. The molecule has 0 amide bonds. The van der Waals surface area contributed by atoms with Crippen molar-refractivity contribution < 1.29 is 9.59 Å². The van der Waals surface area contributed by atoms with Crippen molar-refractivity contribution in [3.05, 3.63) is 94.6 Å². The van der Waals surface area contributed by atoms with E-state index < -0.39 is 0 Å². The fourth-order valence-corrected chi connectivity index (χ4v) is 3.34. The summed E-state index contributed by atoms with van der Waals surface area (Å²) in [5, 5.41) is 16.0. The molecular weight excluding hydrogens is 356 g/mol. The van der Waals surface area contributed by atoms with Gasteiger partial charge in [-0.15, -0.1) is 10.2 Å². The van der Waals surface area contributed by atoms with Crippen molar-refractivity contribution in [3.8, 4) is 0 Å². The van der Waals surface area contributed by atoms with Crippen LogP contribution in [0.5, 0.6) is 0 Å². The van der Waals surface area contributed by atoms with Crippen LogP contribution in [0, 0.1) is 0 Å². The molecule has 0 spiro atoms. The molecule has 0 aliphatic heterocycles. The molecule has 8 nitrogen and oxygen atoms in total. The van der Waals surface area contributed by atoms with Gasteiger partial charge in [0.25, 0.3) is 0 Å². The van der Waals surface area contributed by atoms with Crippen molar-refractivity contribution in [1.82, 2.24) is 30.0 Å². The van der Waals surface area contributed by atoms with E-state index in [2.05, 4.69) is 20.6 Å². The van der Waals surface area contributed by atoms with E-state index in [1.807, 2.05) is 60.7 Å². The molecule has 4 aromatic rings. The Morgan fingerprint density at radius 1 is 0.607 bits per heavy atom. The lowest BCUT2D eigenvalue weighted by atomic mass is 9.98. The molecule has 1 aliphatic rings. The third kappa shape index (κ3) is 2.54. The quantitative estimate of drug-likeness (QED) is 0.478. The smallest absolute Gasteiger partial charge is 0.236 e. The summed E-state index contributed by atoms with van der Waals surface area (Å²) < 4.78 is 2.90. The van der Waals surface area contributed by atoms with E-state index in [-0.39, 0.29) is 34.3 Å². The predicted molar refractivity (Wildman–Crippen MR) is 98.0 cm³/mol. The Labute approximate surface area is 159 Å². The van der Waals surface area contributed by atoms with Crippen LogP contribution >= 0.6 is 0 Å². The first kappa shape index (κ1) is 16.2. The molecule has 1 aliphatic carbocycles. The summed E-state index contributed by atoms with van der Waals surface area (Å²) in [4.78, 5) is 26.0. The minimum atomic E-state index is -0.384. The zero-order valence-electron chi connectivity index (χ0n) is 14.7. The van der Waals surface area contributed by atoms with Crippen LogP contribution in [0.2, 0.25) is 0 Å². The van der Waals surface area contributed by atoms with Crippen molar-refractivity contribution in [3.63, 3.8) is 0 Å². The molecule has 28 heavy (non-hydrogen) atoms. The molecule has 2 heterocycles. The SMILES string of the molecule is O=C1c2nnn(Cc3ccccc3)c2C(=O)c2nnn(Cc3ccccc3)c21. The molecule has 0 saturated carbocycles. The topological polar surface area (TPSA) is 95.6 Å². The molecule has 0 atom stereocenters. The fraction of sp³-hybridized carbons (Fsp3) is 0.100. The van der Waals surface area contributed by atoms with E-state index >= 15 is 0 Å². The van der Waals surface area contributed by atoms with E-state index in [0.29, 0.717) is 13.1 Å². The Morgan fingerprint density at radius 2 is 1.00 bits per heavy atom. The summed E-state index contributed by atoms with van der Waals surface area (Å²) in [6.07, 6.45) is 0. The van der Waals surface area contributed by atoms with Gasteiger partial charge in [-0.1, -0.05) is 71.1 Å². The molecule has 0 saturated heterocycles. The average molecular weight is 370 g/mol. The number of benzene rings is 2. The van der Waals surface area contributed by atoms with Crippen molar-refractivity contribution in [2.45, 2.75) is 13.1 Å². The van der Waals surface area contributed by atoms with Crippen molar-refractivity contribution >= 4 is 11.6 Å². The van der Waals surface area contributed by atoms with Gasteiger partial charge in [-0.25, -0.2) is 9.36 Å². The van der Waals surface area contributed by atoms with Crippen LogP contribution in [0.3, 0.4) is 0 Å². The lowest BCUT2D eigenvalue weighted by Crippen LogP contribution is -2.26. The van der Waals surface area contributed by atoms with Crippen LogP contribution in [-0.4, -0.2) is 41.6 Å². The molecule has 0 unspecified atom stereocenters. The van der Waals surface area contributed by atoms with E-state index in [1.165, 1.54) is 9.36 Å². The van der Waals surface area contributed by atoms with Crippen molar-refractivity contribution in [2.24, 2.45) is 0 Å². The Kier molecular flexibility index (Phi) is 3.68. The second-order valence-corrected chi connectivity index (χ2v) is 6.52. The second-order valence-electron chi connectivity index (χ2n) is 6.52. The van der Waals surface area contributed by atoms with Crippen LogP contribution in [-0.2, 0) is 13.1 Å². The van der Waals surface area contributed by atoms with Crippen LogP contribution in [0.1, 0.15) is 43.5 Å². The molecule has 0 N–H and O–H groups in total. The Bertz CT molecular complexity index is 1100. The number of fused-ring (bicyclic) bond motifs is 2. The van der Waals surface area contributed by atoms with E-state index in [4.69, 9.17) is 0 Å². The summed E-state index contributed by atoms with van der Waals surface area (Å²) in [5.74, 6) is -0.769. The lowest BCUT2D eigenvalue weighted by Gasteiger charge is -2.12. The third-order valence-electron chi connectivity index (χ3n) is 4.68. The van der Waals surface area contributed by atoms with E-state index in [0.717, 1.165) is 11.1 Å². The number of aromatic nitrogens is 6. The van der Waals surface area contributed by atoms with Gasteiger partial charge >= 0.3 is 0 Å². The molecule has 8 heteroatoms. The first-order chi connectivity index (χ1) is 13.7. The molecule has 5 rings (SSSR count). The minimum absolute atomic E-state index is 0.0463. The number of rotatable bonds is 4. The number of nitrogens with zero attached hydrogens (tertiary/aromatic N) is 6. The highest BCUT2D eigenvalue weighted by Crippen LogP contribution is 2.25. The Morgan fingerprint density at radius 3 is 1.39 bits per heavy atom. The molecule has 2 aromatic heterocycles. The normalized spacial score (nSPS) is 12.7. The molecule has 0 radical (unpaired) electrons. The highest BCUT2D eigenvalue weighted by atomic mass is 16.1. The zero-order valence-corrected chi connectivity index (χ0v) is 14.7. The number of hydrogen-bond donors (Lipinski definition) is 0. The first-order valence-corrected chi connectivity index (χ1v) is 8.76. The molecule has 2 aromatic carbocycles. The Balaban J connectivity index is 1.53. The maximum atomic E-state index is 13.0. The number of ketones is 2. The minimum Gasteiger partial charge on any atom is -0.285 e. The van der Waals surface area contributed by atoms with Gasteiger partial charge in [0.2, 0.25) is 11.6 Å². The van der Waals surface area contributed by atoms with Crippen LogP contribution in [0.15, 0.2) is 60.7 Å². The van der Waals surface area contributed by atoms with E-state index in [9.17, 15) is 9.59 Å². The van der Waals surface area contributed by atoms with Gasteiger partial charge in [0.05, 0.1) is 13.1 Å². The zero-order chi connectivity index (χ0) is 19.1. The number of carbonyl (C=O) groups is 2. The molecule has 0 bridgehead atoms. The van der Waals surface area contributed by atoms with Gasteiger partial charge in [-0.2, -0.15) is 0 Å². The van der Waals surface area contributed by atoms with Crippen LogP contribution in [0.4, 0.5) is 0 Å². The van der Waals surface area contributed by atoms with E-state index in [1.54, 1.807) is 0 Å². The van der Waals surface area contributed by atoms with Gasteiger partial charge < -0.3 is 0 Å². The predicted octanol–water partition coefficient (Wildman–Crippen LogP) is 1.74. The summed E-state index contributed by atoms with van der Waals surface area (Å²) in [6.45, 7) is 0.686. The molecule has 136 valence electrons. The van der Waals surface area contributed by atoms with Crippen molar-refractivity contribution in [2.75, 3.05) is 0 Å². The van der Waals surface area contributed by atoms with Crippen molar-refractivity contribution in [1.29, 1.82) is 0 Å². The summed E-state index contributed by atoms with van der Waals surface area (Å²) >= 11 is 0. The van der Waals surface area contributed by atoms with Gasteiger partial charge in [0, 0.05) is 0 Å². The standard InChI is InChI=1S/C20H14N6O2/c27-19-16-18(26(24-22-16)12-14-9-5-2-6-10-14)20(28)15-17(19)25(23-21-15)11-13-7-3-1-4-8-13/h1-10H,11-12H2. The third-order valence-corrected chi connectivity index (χ3v) is 4.68. The fourth-order valence-electron chi connectivity index (χ4n) is 3.34. The summed E-state index contributed by atoms with van der Waals surface area (Å²) in [7, 11) is 0. The van der Waals surface area contributed by atoms with Gasteiger partial charge in [0.15, 0.2) is 11.4 Å². The number of carbonyl (C=O) groups excluding carboxylic acids is 2. The van der Waals surface area contributed by atoms with Gasteiger partial charge in [0.1, 0.15) is 11.4 Å². The highest BCUT2D eigenvalue weighted by Gasteiger charge is 2.39. The largest absolute Gasteiger partial charge is 0.285 e. The van der Waals surface area contributed by atoms with Gasteiger partial charge in [-0.3, -0.25) is 9.59 Å². The average Bonchev–Trinajstić information content (AvgIpc) is 3.33. The first-order valence-electron chi connectivity index (χ1n) is 8.76. The maximum Gasteiger partial charge on any atom is 0.236 e. The van der Waals surface area contributed by atoms with Crippen LogP contribution < -0.4 is 0 Å². The van der Waals surface area contributed by atoms with Gasteiger partial charge in [-0.05, 0) is 11.1 Å². The number of hydrogen-bond acceptors (Lipinski definition) is 6. The lowest BCUT2D eigenvalue weighted by molar-refractivity contribution is 0.0963.